The molecule has 1 aromatic rings. The number of hydrogen-bond acceptors (Lipinski definition) is 4. The van der Waals surface area contributed by atoms with Crippen molar-refractivity contribution in [1.29, 1.82) is 0 Å². The molecule has 5 nitrogen and oxygen atoms in total. The van der Waals surface area contributed by atoms with Crippen LogP contribution in [0.15, 0.2) is 40.6 Å². The fraction of sp³-hybridized carbons (Fsp3) is 0.421. The summed E-state index contributed by atoms with van der Waals surface area (Å²) in [4.78, 5) is 12.2. The van der Waals surface area contributed by atoms with Gasteiger partial charge in [-0.3, -0.25) is 4.79 Å². The van der Waals surface area contributed by atoms with Crippen molar-refractivity contribution >= 4 is 21.8 Å². The number of hydrogen-bond donors (Lipinski definition) is 2. The molecule has 0 fully saturated rings. The average Bonchev–Trinajstić information content (AvgIpc) is 2.63. The number of aliphatic hydroxyl groups excluding tert-OH is 1. The van der Waals surface area contributed by atoms with E-state index in [4.69, 9.17) is 21.0 Å². The van der Waals surface area contributed by atoms with E-state index in [1.165, 1.54) is 0 Å². The van der Waals surface area contributed by atoms with Gasteiger partial charge in [-0.05, 0) is 36.6 Å². The molecule has 0 radical (unpaired) electrons. The molecule has 1 aliphatic heterocycles. The van der Waals surface area contributed by atoms with Crippen molar-refractivity contribution < 1.29 is 19.4 Å². The Kier molecular flexibility index (Phi) is 7.99. The number of terminal acetylenes is 1. The van der Waals surface area contributed by atoms with Gasteiger partial charge in [0.05, 0.1) is 13.2 Å². The molecule has 0 aromatic heterocycles. The Labute approximate surface area is 156 Å². The van der Waals surface area contributed by atoms with Crippen LogP contribution in [0.25, 0.3) is 0 Å². The summed E-state index contributed by atoms with van der Waals surface area (Å²) in [5.41, 5.74) is 1.08. The number of unbranched alkanes of at least 4 members (excludes halogenated alkanes) is 1. The summed E-state index contributed by atoms with van der Waals surface area (Å²) in [6, 6.07) is 7.95. The maximum atomic E-state index is 12.2. The van der Waals surface area contributed by atoms with E-state index in [2.05, 4.69) is 27.2 Å². The fourth-order valence-corrected chi connectivity index (χ4v) is 2.77. The molecule has 1 aromatic carbocycles. The van der Waals surface area contributed by atoms with Crippen molar-refractivity contribution in [2.24, 2.45) is 0 Å². The summed E-state index contributed by atoms with van der Waals surface area (Å²) in [5.74, 6) is 2.26. The van der Waals surface area contributed by atoms with Gasteiger partial charge in [0.2, 0.25) is 6.29 Å². The second kappa shape index (κ2) is 10.2. The average molecular weight is 408 g/mol. The molecule has 0 saturated carbocycles. The molecule has 6 heteroatoms. The first kappa shape index (κ1) is 19.5. The molecule has 0 aliphatic carbocycles. The largest absolute Gasteiger partial charge is 0.459 e. The lowest BCUT2D eigenvalue weighted by Gasteiger charge is -2.29. The summed E-state index contributed by atoms with van der Waals surface area (Å²) >= 11 is 3.43. The van der Waals surface area contributed by atoms with Crippen LogP contribution in [0.1, 0.15) is 30.7 Å². The molecule has 0 saturated heterocycles. The Morgan fingerprint density at radius 1 is 1.40 bits per heavy atom. The van der Waals surface area contributed by atoms with Crippen molar-refractivity contribution in [2.75, 3.05) is 19.8 Å². The summed E-state index contributed by atoms with van der Waals surface area (Å²) in [6.07, 6.45) is 8.51. The van der Waals surface area contributed by atoms with Crippen LogP contribution in [0.5, 0.6) is 0 Å². The van der Waals surface area contributed by atoms with Crippen molar-refractivity contribution in [3.8, 4) is 12.3 Å². The Hall–Kier alpha value is -1.81. The second-order valence-corrected chi connectivity index (χ2v) is 6.58. The minimum Gasteiger partial charge on any atom is -0.459 e. The molecular formula is C19H22BrNO4. The predicted molar refractivity (Wildman–Crippen MR) is 98.6 cm³/mol. The standard InChI is InChI=1S/C19H22BrNO4/c1-2-9-21-19(23)17-12-15(14-5-7-16(20)8-6-14)13-18(25-17)24-11-4-3-10-22/h1,5-8,12,15,18,22H,3-4,9-11,13H2,(H,21,23)/t15-,18+/m0/s1. The Morgan fingerprint density at radius 2 is 2.16 bits per heavy atom. The molecule has 1 aliphatic rings. The number of amides is 1. The number of carbonyl (C=O) groups excluding carboxylic acids is 1. The summed E-state index contributed by atoms with van der Waals surface area (Å²) in [7, 11) is 0. The van der Waals surface area contributed by atoms with Gasteiger partial charge < -0.3 is 19.9 Å². The number of aliphatic hydroxyl groups is 1. The van der Waals surface area contributed by atoms with Gasteiger partial charge in [-0.2, -0.15) is 0 Å². The van der Waals surface area contributed by atoms with Crippen molar-refractivity contribution in [3.63, 3.8) is 0 Å². The second-order valence-electron chi connectivity index (χ2n) is 5.66. The van der Waals surface area contributed by atoms with Gasteiger partial charge in [0, 0.05) is 23.4 Å². The number of ether oxygens (including phenoxy) is 2. The van der Waals surface area contributed by atoms with Crippen LogP contribution < -0.4 is 5.32 Å². The number of halogens is 1. The number of benzene rings is 1. The first-order chi connectivity index (χ1) is 12.1. The SMILES string of the molecule is C#CCNC(=O)C1=C[C@H](c2ccc(Br)cc2)C[C@H](OCCCCO)O1. The number of carbonyl (C=O) groups is 1. The van der Waals surface area contributed by atoms with Crippen LogP contribution in [-0.2, 0) is 14.3 Å². The van der Waals surface area contributed by atoms with Gasteiger partial charge in [0.15, 0.2) is 5.76 Å². The topological polar surface area (TPSA) is 67.8 Å². The predicted octanol–water partition coefficient (Wildman–Crippen LogP) is 2.70. The third kappa shape index (κ3) is 6.20. The third-order valence-electron chi connectivity index (χ3n) is 3.79. The molecular weight excluding hydrogens is 386 g/mol. The fourth-order valence-electron chi connectivity index (χ4n) is 2.51. The Balaban J connectivity index is 2.10. The first-order valence-electron chi connectivity index (χ1n) is 8.22. The molecule has 0 bridgehead atoms. The number of nitrogens with one attached hydrogen (secondary N) is 1. The molecule has 25 heavy (non-hydrogen) atoms. The van der Waals surface area contributed by atoms with E-state index < -0.39 is 6.29 Å². The van der Waals surface area contributed by atoms with Gasteiger partial charge in [-0.1, -0.05) is 34.0 Å². The van der Waals surface area contributed by atoms with Crippen LogP contribution in [0, 0.1) is 12.3 Å². The smallest absolute Gasteiger partial charge is 0.286 e. The van der Waals surface area contributed by atoms with Crippen molar-refractivity contribution in [1.82, 2.24) is 5.32 Å². The molecule has 2 N–H and O–H groups in total. The molecule has 1 heterocycles. The van der Waals surface area contributed by atoms with Gasteiger partial charge >= 0.3 is 0 Å². The zero-order valence-electron chi connectivity index (χ0n) is 13.9. The lowest BCUT2D eigenvalue weighted by molar-refractivity contribution is -0.146. The van der Waals surface area contributed by atoms with E-state index in [1.807, 2.05) is 30.3 Å². The quantitative estimate of drug-likeness (QED) is 0.513. The molecule has 134 valence electrons. The van der Waals surface area contributed by atoms with Crippen molar-refractivity contribution in [2.45, 2.75) is 31.5 Å². The molecule has 2 atom stereocenters. The van der Waals surface area contributed by atoms with E-state index in [0.29, 0.717) is 19.4 Å². The van der Waals surface area contributed by atoms with E-state index in [-0.39, 0.29) is 30.7 Å². The third-order valence-corrected chi connectivity index (χ3v) is 4.32. The monoisotopic (exact) mass is 407 g/mol. The highest BCUT2D eigenvalue weighted by Gasteiger charge is 2.28. The van der Waals surface area contributed by atoms with E-state index in [1.54, 1.807) is 0 Å². The van der Waals surface area contributed by atoms with Crippen LogP contribution >= 0.6 is 15.9 Å². The van der Waals surface area contributed by atoms with Crippen LogP contribution in [-0.4, -0.2) is 37.1 Å². The highest BCUT2D eigenvalue weighted by Crippen LogP contribution is 2.32. The highest BCUT2D eigenvalue weighted by molar-refractivity contribution is 9.10. The lowest BCUT2D eigenvalue weighted by atomic mass is 9.93. The van der Waals surface area contributed by atoms with E-state index in [9.17, 15) is 4.79 Å². The van der Waals surface area contributed by atoms with Gasteiger partial charge in [-0.25, -0.2) is 0 Å². The normalized spacial score (nSPS) is 19.5. The maximum Gasteiger partial charge on any atom is 0.286 e. The minimum absolute atomic E-state index is 0.0104. The lowest BCUT2D eigenvalue weighted by Crippen LogP contribution is -2.33. The molecule has 0 spiro atoms. The van der Waals surface area contributed by atoms with Crippen LogP contribution in [0.4, 0.5) is 0 Å². The van der Waals surface area contributed by atoms with Crippen LogP contribution in [0.3, 0.4) is 0 Å². The number of rotatable bonds is 8. The zero-order valence-corrected chi connectivity index (χ0v) is 15.5. The van der Waals surface area contributed by atoms with Crippen molar-refractivity contribution in [3.05, 3.63) is 46.1 Å². The Bertz CT molecular complexity index is 636. The summed E-state index contributed by atoms with van der Waals surface area (Å²) in [6.45, 7) is 0.748. The van der Waals surface area contributed by atoms with Crippen LogP contribution in [0.2, 0.25) is 0 Å². The van der Waals surface area contributed by atoms with E-state index >= 15 is 0 Å². The number of allylic oxidation sites excluding steroid dienone is 1. The Morgan fingerprint density at radius 3 is 2.84 bits per heavy atom. The maximum absolute atomic E-state index is 12.2. The first-order valence-corrected chi connectivity index (χ1v) is 9.01. The summed E-state index contributed by atoms with van der Waals surface area (Å²) < 4.78 is 12.4. The molecule has 1 amide bonds. The summed E-state index contributed by atoms with van der Waals surface area (Å²) in [5, 5.41) is 11.5. The van der Waals surface area contributed by atoms with Gasteiger partial charge in [0.25, 0.3) is 5.91 Å². The van der Waals surface area contributed by atoms with Gasteiger partial charge in [0.1, 0.15) is 0 Å². The van der Waals surface area contributed by atoms with Gasteiger partial charge in [-0.15, -0.1) is 6.42 Å². The highest BCUT2D eigenvalue weighted by atomic mass is 79.9. The molecule has 2 rings (SSSR count). The zero-order chi connectivity index (χ0) is 18.1. The molecule has 0 unspecified atom stereocenters. The minimum atomic E-state index is -0.510. The van der Waals surface area contributed by atoms with E-state index in [0.717, 1.165) is 16.5 Å².